The fraction of sp³-hybridized carbons (Fsp3) is 0.462. The summed E-state index contributed by atoms with van der Waals surface area (Å²) in [5.41, 5.74) is -1.42. The van der Waals surface area contributed by atoms with E-state index in [-0.39, 0.29) is 18.7 Å². The summed E-state index contributed by atoms with van der Waals surface area (Å²) < 4.78 is 39.7. The van der Waals surface area contributed by atoms with Crippen molar-refractivity contribution in [2.45, 2.75) is 32.0 Å². The molecule has 1 N–H and O–H groups in total. The molecule has 0 aliphatic carbocycles. The summed E-state index contributed by atoms with van der Waals surface area (Å²) in [5, 5.41) is 2.47. The molecule has 0 unspecified atom stereocenters. The van der Waals surface area contributed by atoms with Crippen LogP contribution in [0.4, 0.5) is 13.2 Å². The summed E-state index contributed by atoms with van der Waals surface area (Å²) in [5.74, 6) is -0.328. The molecular formula is C13H14F3NO. The number of halogens is 3. The molecule has 98 valence electrons. The number of hydrogen-bond acceptors (Lipinski definition) is 1. The normalized spacial score (nSPS) is 28.9. The average molecular weight is 257 g/mol. The molecule has 0 radical (unpaired) electrons. The maximum absolute atomic E-state index is 13.2. The molecule has 1 aromatic carbocycles. The zero-order valence-corrected chi connectivity index (χ0v) is 9.92. The van der Waals surface area contributed by atoms with Crippen molar-refractivity contribution in [3.05, 3.63) is 35.9 Å². The third kappa shape index (κ3) is 2.09. The van der Waals surface area contributed by atoms with Gasteiger partial charge in [0.25, 0.3) is 0 Å². The third-order valence-corrected chi connectivity index (χ3v) is 3.59. The van der Waals surface area contributed by atoms with Crippen molar-refractivity contribution >= 4 is 5.91 Å². The largest absolute Gasteiger partial charge is 0.396 e. The van der Waals surface area contributed by atoms with Crippen molar-refractivity contribution in [2.24, 2.45) is 5.41 Å². The molecule has 2 rings (SSSR count). The number of piperidine rings is 1. The van der Waals surface area contributed by atoms with Crippen molar-refractivity contribution < 1.29 is 18.0 Å². The van der Waals surface area contributed by atoms with Crippen LogP contribution in [-0.2, 0) is 4.79 Å². The van der Waals surface area contributed by atoms with Gasteiger partial charge in [-0.1, -0.05) is 30.3 Å². The van der Waals surface area contributed by atoms with Crippen molar-refractivity contribution in [1.82, 2.24) is 5.32 Å². The minimum Gasteiger partial charge on any atom is -0.348 e. The second kappa shape index (κ2) is 4.30. The van der Waals surface area contributed by atoms with Crippen LogP contribution in [0.15, 0.2) is 30.3 Å². The Morgan fingerprint density at radius 3 is 2.44 bits per heavy atom. The quantitative estimate of drug-likeness (QED) is 0.822. The average Bonchev–Trinajstić information content (AvgIpc) is 2.32. The van der Waals surface area contributed by atoms with Gasteiger partial charge in [0.1, 0.15) is 0 Å². The molecule has 0 spiro atoms. The molecule has 0 aromatic heterocycles. The zero-order chi connectivity index (χ0) is 13.4. The molecule has 2 atom stereocenters. The van der Waals surface area contributed by atoms with Crippen LogP contribution in [0, 0.1) is 5.41 Å². The Morgan fingerprint density at radius 1 is 1.28 bits per heavy atom. The van der Waals surface area contributed by atoms with E-state index in [1.807, 2.05) is 0 Å². The first-order valence-corrected chi connectivity index (χ1v) is 5.75. The Bertz CT molecular complexity index is 443. The lowest BCUT2D eigenvalue weighted by atomic mass is 9.72. The lowest BCUT2D eigenvalue weighted by molar-refractivity contribution is -0.235. The van der Waals surface area contributed by atoms with E-state index in [0.29, 0.717) is 5.56 Å². The minimum absolute atomic E-state index is 0.0840. The van der Waals surface area contributed by atoms with Gasteiger partial charge in [-0.3, -0.25) is 4.79 Å². The number of carbonyl (C=O) groups excluding carboxylic acids is 1. The van der Waals surface area contributed by atoms with E-state index >= 15 is 0 Å². The van der Waals surface area contributed by atoms with E-state index in [2.05, 4.69) is 5.32 Å². The van der Waals surface area contributed by atoms with Gasteiger partial charge in [0, 0.05) is 6.42 Å². The number of rotatable bonds is 1. The van der Waals surface area contributed by atoms with E-state index < -0.39 is 17.6 Å². The van der Waals surface area contributed by atoms with E-state index in [1.165, 1.54) is 6.92 Å². The molecule has 1 amide bonds. The Labute approximate surface area is 103 Å². The molecule has 1 aliphatic heterocycles. The molecule has 0 saturated carbocycles. The Balaban J connectivity index is 2.42. The molecule has 1 saturated heterocycles. The number of hydrogen-bond donors (Lipinski definition) is 1. The molecule has 1 heterocycles. The first-order chi connectivity index (χ1) is 8.34. The zero-order valence-electron chi connectivity index (χ0n) is 9.92. The van der Waals surface area contributed by atoms with Crippen LogP contribution < -0.4 is 5.32 Å². The first kappa shape index (κ1) is 12.9. The van der Waals surface area contributed by atoms with Gasteiger partial charge in [0.15, 0.2) is 0 Å². The summed E-state index contributed by atoms with van der Waals surface area (Å²) in [7, 11) is 0. The van der Waals surface area contributed by atoms with Gasteiger partial charge >= 0.3 is 6.18 Å². The van der Waals surface area contributed by atoms with Crippen LogP contribution in [0.2, 0.25) is 0 Å². The van der Waals surface area contributed by atoms with Crippen molar-refractivity contribution in [2.75, 3.05) is 0 Å². The van der Waals surface area contributed by atoms with Crippen LogP contribution in [0.25, 0.3) is 0 Å². The summed E-state index contributed by atoms with van der Waals surface area (Å²) in [6.45, 7) is 1.17. The highest BCUT2D eigenvalue weighted by molar-refractivity contribution is 5.77. The molecule has 1 aliphatic rings. The van der Waals surface area contributed by atoms with Crippen LogP contribution >= 0.6 is 0 Å². The van der Waals surface area contributed by atoms with Crippen LogP contribution in [-0.4, -0.2) is 12.1 Å². The first-order valence-electron chi connectivity index (χ1n) is 5.75. The summed E-state index contributed by atoms with van der Waals surface area (Å²) in [6, 6.07) is 7.29. The second-order valence-corrected chi connectivity index (χ2v) is 4.83. The number of benzene rings is 1. The Kier molecular flexibility index (Phi) is 3.09. The molecule has 5 heteroatoms. The highest BCUT2D eigenvalue weighted by Gasteiger charge is 2.58. The predicted octanol–water partition coefficient (Wildman–Crippen LogP) is 3.21. The lowest BCUT2D eigenvalue weighted by Crippen LogP contribution is -2.52. The molecule has 2 nitrogen and oxygen atoms in total. The highest BCUT2D eigenvalue weighted by Crippen LogP contribution is 2.51. The summed E-state index contributed by atoms with van der Waals surface area (Å²) >= 11 is 0. The van der Waals surface area contributed by atoms with Gasteiger partial charge in [-0.15, -0.1) is 0 Å². The lowest BCUT2D eigenvalue weighted by Gasteiger charge is -2.43. The fourth-order valence-corrected chi connectivity index (χ4v) is 2.31. The topological polar surface area (TPSA) is 29.1 Å². The number of alkyl halides is 3. The smallest absolute Gasteiger partial charge is 0.348 e. The Hall–Kier alpha value is -1.52. The van der Waals surface area contributed by atoms with Gasteiger partial charge in [-0.05, 0) is 18.9 Å². The van der Waals surface area contributed by atoms with Gasteiger partial charge in [-0.25, -0.2) is 0 Å². The maximum atomic E-state index is 13.2. The monoisotopic (exact) mass is 257 g/mol. The molecule has 1 fully saturated rings. The standard InChI is InChI=1S/C13H14F3NO/c1-12(13(14,15)16)8-7-10(18)17-11(12)9-5-3-2-4-6-9/h2-6,11H,7-8H2,1H3,(H,17,18)/t11-,12+/m1/s1. The van der Waals surface area contributed by atoms with E-state index in [0.717, 1.165) is 0 Å². The third-order valence-electron chi connectivity index (χ3n) is 3.59. The van der Waals surface area contributed by atoms with Crippen LogP contribution in [0.5, 0.6) is 0 Å². The number of amides is 1. The molecular weight excluding hydrogens is 243 g/mol. The Morgan fingerprint density at radius 2 is 1.89 bits per heavy atom. The van der Waals surface area contributed by atoms with Crippen molar-refractivity contribution in [3.63, 3.8) is 0 Å². The van der Waals surface area contributed by atoms with Gasteiger partial charge in [-0.2, -0.15) is 13.2 Å². The predicted molar refractivity (Wildman–Crippen MR) is 60.7 cm³/mol. The summed E-state index contributed by atoms with van der Waals surface area (Å²) in [6.07, 6.45) is -4.61. The SMILES string of the molecule is C[C@]1(C(F)(F)F)CCC(=O)N[C@@H]1c1ccccc1. The van der Waals surface area contributed by atoms with E-state index in [4.69, 9.17) is 0 Å². The molecule has 18 heavy (non-hydrogen) atoms. The minimum atomic E-state index is -4.35. The van der Waals surface area contributed by atoms with Crippen molar-refractivity contribution in [1.29, 1.82) is 0 Å². The van der Waals surface area contributed by atoms with Gasteiger partial charge < -0.3 is 5.32 Å². The molecule has 0 bridgehead atoms. The number of carbonyl (C=O) groups is 1. The van der Waals surface area contributed by atoms with Gasteiger partial charge in [0.05, 0.1) is 11.5 Å². The van der Waals surface area contributed by atoms with E-state index in [1.54, 1.807) is 30.3 Å². The summed E-state index contributed by atoms with van der Waals surface area (Å²) in [4.78, 5) is 11.4. The number of nitrogens with one attached hydrogen (secondary N) is 1. The fourth-order valence-electron chi connectivity index (χ4n) is 2.31. The van der Waals surface area contributed by atoms with Crippen molar-refractivity contribution in [3.8, 4) is 0 Å². The van der Waals surface area contributed by atoms with Gasteiger partial charge in [0.2, 0.25) is 5.91 Å². The van der Waals surface area contributed by atoms with Crippen LogP contribution in [0.3, 0.4) is 0 Å². The van der Waals surface area contributed by atoms with Crippen LogP contribution in [0.1, 0.15) is 31.4 Å². The molecule has 1 aromatic rings. The maximum Gasteiger partial charge on any atom is 0.396 e. The van der Waals surface area contributed by atoms with E-state index in [9.17, 15) is 18.0 Å². The highest BCUT2D eigenvalue weighted by atomic mass is 19.4. The second-order valence-electron chi connectivity index (χ2n) is 4.83.